The van der Waals surface area contributed by atoms with Crippen molar-refractivity contribution in [1.29, 1.82) is 0 Å². The molecule has 7 nitrogen and oxygen atoms in total. The van der Waals surface area contributed by atoms with Crippen LogP contribution in [0.25, 0.3) is 10.9 Å². The van der Waals surface area contributed by atoms with Gasteiger partial charge in [0, 0.05) is 24.4 Å². The zero-order valence-corrected chi connectivity index (χ0v) is 14.9. The van der Waals surface area contributed by atoms with Gasteiger partial charge in [0.2, 0.25) is 0 Å². The number of hydrogen-bond donors (Lipinski definition) is 2. The summed E-state index contributed by atoms with van der Waals surface area (Å²) in [6, 6.07) is 3.86. The molecule has 0 spiro atoms. The monoisotopic (exact) mass is 399 g/mol. The molecule has 5 rings (SSSR count). The number of carboxylic acid groups (broad SMARTS) is 1. The maximum Gasteiger partial charge on any atom is 0.573 e. The van der Waals surface area contributed by atoms with Gasteiger partial charge in [-0.2, -0.15) is 5.10 Å². The molecule has 2 N–H and O–H groups in total. The number of nitrogens with zero attached hydrogens (tertiary/aromatic N) is 2. The SMILES string of the molecule is O=C(C[C@H]1CN2CCC1CC2)c1n[nH]c2cc(OC(F)(F)F)ccc12.O=CO. The average molecular weight is 399 g/mol. The minimum atomic E-state index is -4.75. The molecule has 152 valence electrons. The van der Waals surface area contributed by atoms with Crippen LogP contribution in [-0.4, -0.2) is 58.5 Å². The van der Waals surface area contributed by atoms with E-state index in [0.717, 1.165) is 32.5 Å². The lowest BCUT2D eigenvalue weighted by molar-refractivity contribution is -0.274. The number of aromatic nitrogens is 2. The molecule has 3 aliphatic heterocycles. The van der Waals surface area contributed by atoms with Crippen molar-refractivity contribution >= 4 is 23.2 Å². The predicted molar refractivity (Wildman–Crippen MR) is 93.1 cm³/mol. The van der Waals surface area contributed by atoms with Crippen molar-refractivity contribution in [2.24, 2.45) is 11.8 Å². The minimum absolute atomic E-state index is 0.0607. The van der Waals surface area contributed by atoms with Crippen molar-refractivity contribution < 1.29 is 32.6 Å². The molecule has 3 saturated heterocycles. The molecule has 1 aromatic heterocycles. The summed E-state index contributed by atoms with van der Waals surface area (Å²) in [5, 5.41) is 14.1. The highest BCUT2D eigenvalue weighted by Crippen LogP contribution is 2.35. The van der Waals surface area contributed by atoms with Gasteiger partial charge in [-0.1, -0.05) is 0 Å². The minimum Gasteiger partial charge on any atom is -0.483 e. The van der Waals surface area contributed by atoms with Gasteiger partial charge in [0.25, 0.3) is 6.47 Å². The van der Waals surface area contributed by atoms with E-state index < -0.39 is 6.36 Å². The molecule has 10 heteroatoms. The molecule has 1 atom stereocenters. The number of ether oxygens (including phenoxy) is 1. The number of H-pyrrole nitrogens is 1. The maximum atomic E-state index is 12.7. The summed E-state index contributed by atoms with van der Waals surface area (Å²) in [4.78, 5) is 23.4. The summed E-state index contributed by atoms with van der Waals surface area (Å²) in [6.07, 6.45) is -2.04. The maximum absolute atomic E-state index is 12.7. The van der Waals surface area contributed by atoms with Gasteiger partial charge in [0.15, 0.2) is 5.78 Å². The number of benzene rings is 1. The second-order valence-electron chi connectivity index (χ2n) is 6.96. The molecule has 28 heavy (non-hydrogen) atoms. The number of ketones is 1. The lowest BCUT2D eigenvalue weighted by Gasteiger charge is -2.44. The lowest BCUT2D eigenvalue weighted by atomic mass is 9.76. The number of halogens is 3. The zero-order chi connectivity index (χ0) is 20.3. The summed E-state index contributed by atoms with van der Waals surface area (Å²) < 4.78 is 40.8. The van der Waals surface area contributed by atoms with E-state index in [2.05, 4.69) is 19.8 Å². The molecule has 3 fully saturated rings. The molecule has 2 bridgehead atoms. The van der Waals surface area contributed by atoms with E-state index in [0.29, 0.717) is 34.9 Å². The first kappa shape index (κ1) is 20.1. The molecular weight excluding hydrogens is 379 g/mol. The van der Waals surface area contributed by atoms with Crippen molar-refractivity contribution in [2.75, 3.05) is 19.6 Å². The van der Waals surface area contributed by atoms with Crippen LogP contribution < -0.4 is 4.74 Å². The standard InChI is InChI=1S/C17H18F3N3O2.CH2O2/c18-17(19,20)25-12-1-2-13-14(8-12)21-22-16(13)15(24)7-11-9-23-5-3-10(11)4-6-23;2-1-3/h1-2,8,10-11H,3-7,9H2,(H,21,22);1H,(H,2,3)/t11-;/m0./s1. The highest BCUT2D eigenvalue weighted by atomic mass is 19.4. The van der Waals surface area contributed by atoms with Crippen molar-refractivity contribution in [3.05, 3.63) is 23.9 Å². The fraction of sp³-hybridized carbons (Fsp3) is 0.500. The Balaban J connectivity index is 0.000000706. The number of fused-ring (bicyclic) bond motifs is 4. The third-order valence-corrected chi connectivity index (χ3v) is 5.27. The fourth-order valence-corrected chi connectivity index (χ4v) is 4.06. The van der Waals surface area contributed by atoms with E-state index in [-0.39, 0.29) is 18.0 Å². The van der Waals surface area contributed by atoms with E-state index in [9.17, 15) is 18.0 Å². The van der Waals surface area contributed by atoms with Crippen molar-refractivity contribution in [2.45, 2.75) is 25.6 Å². The Labute approximate surface area is 158 Å². The molecule has 0 aliphatic carbocycles. The van der Waals surface area contributed by atoms with Crippen LogP contribution in [0.1, 0.15) is 29.8 Å². The number of aromatic amines is 1. The topological polar surface area (TPSA) is 95.5 Å². The van der Waals surface area contributed by atoms with Gasteiger partial charge in [0.1, 0.15) is 11.4 Å². The van der Waals surface area contributed by atoms with Gasteiger partial charge in [-0.15, -0.1) is 13.2 Å². The van der Waals surface area contributed by atoms with Gasteiger partial charge in [0.05, 0.1) is 5.52 Å². The Bertz CT molecular complexity index is 844. The molecule has 0 radical (unpaired) electrons. The van der Waals surface area contributed by atoms with Crippen LogP contribution in [0.5, 0.6) is 5.75 Å². The van der Waals surface area contributed by atoms with Crippen LogP contribution in [0.3, 0.4) is 0 Å². The normalized spacial score (nSPS) is 23.8. The van der Waals surface area contributed by atoms with Gasteiger partial charge in [-0.25, -0.2) is 0 Å². The number of carbonyl (C=O) groups is 2. The van der Waals surface area contributed by atoms with Crippen LogP contribution >= 0.6 is 0 Å². The Morgan fingerprint density at radius 1 is 1.36 bits per heavy atom. The third kappa shape index (κ3) is 4.61. The van der Waals surface area contributed by atoms with E-state index in [1.807, 2.05) is 0 Å². The first-order valence-corrected chi connectivity index (χ1v) is 8.88. The number of nitrogens with one attached hydrogen (secondary N) is 1. The van der Waals surface area contributed by atoms with Crippen LogP contribution in [0.4, 0.5) is 13.2 Å². The first-order valence-electron chi connectivity index (χ1n) is 8.88. The number of alkyl halides is 3. The van der Waals surface area contributed by atoms with E-state index in [1.165, 1.54) is 18.2 Å². The Hall–Kier alpha value is -2.62. The van der Waals surface area contributed by atoms with Gasteiger partial charge in [-0.05, 0) is 49.9 Å². The van der Waals surface area contributed by atoms with Gasteiger partial charge in [-0.3, -0.25) is 14.7 Å². The molecule has 1 aromatic carbocycles. The van der Waals surface area contributed by atoms with Gasteiger partial charge < -0.3 is 14.7 Å². The molecular formula is C18H20F3N3O4. The van der Waals surface area contributed by atoms with Crippen molar-refractivity contribution in [3.63, 3.8) is 0 Å². The summed E-state index contributed by atoms with van der Waals surface area (Å²) >= 11 is 0. The summed E-state index contributed by atoms with van der Waals surface area (Å²) in [7, 11) is 0. The Kier molecular flexibility index (Phi) is 5.87. The second-order valence-corrected chi connectivity index (χ2v) is 6.96. The quantitative estimate of drug-likeness (QED) is 0.606. The predicted octanol–water partition coefficient (Wildman–Crippen LogP) is 3.08. The number of piperidine rings is 3. The molecule has 3 aliphatic rings. The molecule has 0 amide bonds. The zero-order valence-electron chi connectivity index (χ0n) is 14.9. The first-order chi connectivity index (χ1) is 13.3. The summed E-state index contributed by atoms with van der Waals surface area (Å²) in [5.41, 5.74) is 0.657. The van der Waals surface area contributed by atoms with Crippen LogP contribution in [0, 0.1) is 11.8 Å². The third-order valence-electron chi connectivity index (χ3n) is 5.27. The Morgan fingerprint density at radius 2 is 2.04 bits per heavy atom. The second kappa shape index (κ2) is 8.17. The van der Waals surface area contributed by atoms with Crippen molar-refractivity contribution in [3.8, 4) is 5.75 Å². The smallest absolute Gasteiger partial charge is 0.483 e. The summed E-state index contributed by atoms with van der Waals surface area (Å²) in [5.74, 6) is 0.537. The fourth-order valence-electron chi connectivity index (χ4n) is 4.06. The average Bonchev–Trinajstić information content (AvgIpc) is 3.05. The molecule has 4 heterocycles. The van der Waals surface area contributed by atoms with Crippen molar-refractivity contribution in [1.82, 2.24) is 15.1 Å². The van der Waals surface area contributed by atoms with Crippen LogP contribution in [0.2, 0.25) is 0 Å². The van der Waals surface area contributed by atoms with Crippen LogP contribution in [-0.2, 0) is 4.79 Å². The number of hydrogen-bond acceptors (Lipinski definition) is 5. The molecule has 2 aromatic rings. The van der Waals surface area contributed by atoms with Gasteiger partial charge >= 0.3 is 6.36 Å². The number of Topliss-reactive ketones (excluding diaryl/α,β-unsaturated/α-hetero) is 1. The van der Waals surface area contributed by atoms with E-state index in [4.69, 9.17) is 9.90 Å². The largest absolute Gasteiger partial charge is 0.573 e. The van der Waals surface area contributed by atoms with E-state index >= 15 is 0 Å². The highest BCUT2D eigenvalue weighted by molar-refractivity contribution is 6.06. The highest BCUT2D eigenvalue weighted by Gasteiger charge is 2.36. The van der Waals surface area contributed by atoms with E-state index in [1.54, 1.807) is 0 Å². The summed E-state index contributed by atoms with van der Waals surface area (Å²) in [6.45, 7) is 2.92. The Morgan fingerprint density at radius 3 is 2.61 bits per heavy atom. The molecule has 0 saturated carbocycles. The molecule has 0 unspecified atom stereocenters. The number of rotatable bonds is 4. The lowest BCUT2D eigenvalue weighted by Crippen LogP contribution is -2.47. The van der Waals surface area contributed by atoms with Crippen LogP contribution in [0.15, 0.2) is 18.2 Å². The number of carbonyl (C=O) groups excluding carboxylic acids is 1.